The molecule has 0 radical (unpaired) electrons. The molecular formula is C27H37N7O3. The largest absolute Gasteiger partial charge is 0.392 e. The van der Waals surface area contributed by atoms with E-state index < -0.39 is 29.3 Å². The minimum atomic E-state index is -1.12. The Morgan fingerprint density at radius 2 is 1.68 bits per heavy atom. The molecular weight excluding hydrogens is 470 g/mol. The van der Waals surface area contributed by atoms with Crippen molar-refractivity contribution in [1.82, 2.24) is 15.7 Å². The standard InChI is InChI=1S/C27H37N7O3/c1-27(2,3)18-11-13-20(14-12-18)34(26(37)21(28)22(33-30)24(29)35)23(17-8-7-15-31-16-17)25(36)32-19-9-5-4-6-10-19/h7-8,11-16,19,23,33H,4-6,9-10,28,30H2,1-3H3,(H2,29,35)(H,32,36). The molecule has 3 rings (SSSR count). The van der Waals surface area contributed by atoms with Crippen LogP contribution in [-0.2, 0) is 19.8 Å². The second kappa shape index (κ2) is 11.9. The van der Waals surface area contributed by atoms with Crippen LogP contribution >= 0.6 is 0 Å². The maximum atomic E-state index is 13.9. The zero-order valence-electron chi connectivity index (χ0n) is 21.7. The number of rotatable bonds is 8. The highest BCUT2D eigenvalue weighted by molar-refractivity contribution is 6.12. The van der Waals surface area contributed by atoms with Gasteiger partial charge in [0, 0.05) is 29.7 Å². The molecule has 1 atom stereocenters. The van der Waals surface area contributed by atoms with E-state index in [-0.39, 0.29) is 17.4 Å². The van der Waals surface area contributed by atoms with Gasteiger partial charge in [0.1, 0.15) is 17.4 Å². The molecule has 37 heavy (non-hydrogen) atoms. The van der Waals surface area contributed by atoms with Crippen molar-refractivity contribution in [3.8, 4) is 0 Å². The Morgan fingerprint density at radius 3 is 2.19 bits per heavy atom. The van der Waals surface area contributed by atoms with E-state index in [9.17, 15) is 14.4 Å². The van der Waals surface area contributed by atoms with Crippen LogP contribution in [0.5, 0.6) is 0 Å². The highest BCUT2D eigenvalue weighted by Gasteiger charge is 2.36. The predicted octanol–water partition coefficient (Wildman–Crippen LogP) is 2.02. The van der Waals surface area contributed by atoms with Gasteiger partial charge in [-0.05, 0) is 42.0 Å². The first-order valence-corrected chi connectivity index (χ1v) is 12.4. The zero-order valence-corrected chi connectivity index (χ0v) is 21.7. The summed E-state index contributed by atoms with van der Waals surface area (Å²) in [6, 6.07) is 9.59. The molecule has 0 bridgehead atoms. The quantitative estimate of drug-likeness (QED) is 0.207. The number of carbonyl (C=O) groups excluding carboxylic acids is 3. The summed E-state index contributed by atoms with van der Waals surface area (Å²) in [4.78, 5) is 45.1. The van der Waals surface area contributed by atoms with Gasteiger partial charge in [0.05, 0.1) is 0 Å². The van der Waals surface area contributed by atoms with Crippen LogP contribution < -0.4 is 33.0 Å². The summed E-state index contributed by atoms with van der Waals surface area (Å²) in [5.41, 5.74) is 14.5. The molecule has 0 saturated heterocycles. The third-order valence-electron chi connectivity index (χ3n) is 6.58. The summed E-state index contributed by atoms with van der Waals surface area (Å²) in [5, 5.41) is 3.11. The number of aromatic nitrogens is 1. The number of carbonyl (C=O) groups is 3. The Kier molecular flexibility index (Phi) is 8.88. The molecule has 1 aliphatic carbocycles. The first kappa shape index (κ1) is 27.7. The van der Waals surface area contributed by atoms with Crippen molar-refractivity contribution in [1.29, 1.82) is 0 Å². The van der Waals surface area contributed by atoms with Gasteiger partial charge in [0.15, 0.2) is 0 Å². The Labute approximate surface area is 217 Å². The number of pyridine rings is 1. The Bertz CT molecular complexity index is 1130. The maximum absolute atomic E-state index is 13.9. The number of nitrogens with one attached hydrogen (secondary N) is 2. The third kappa shape index (κ3) is 6.65. The molecule has 1 aliphatic rings. The number of primary amides is 1. The minimum Gasteiger partial charge on any atom is -0.392 e. The lowest BCUT2D eigenvalue weighted by Crippen LogP contribution is -2.49. The summed E-state index contributed by atoms with van der Waals surface area (Å²) >= 11 is 0. The number of benzene rings is 1. The zero-order chi connectivity index (χ0) is 27.2. The Balaban J connectivity index is 2.16. The second-order valence-electron chi connectivity index (χ2n) is 10.3. The predicted molar refractivity (Wildman–Crippen MR) is 142 cm³/mol. The summed E-state index contributed by atoms with van der Waals surface area (Å²) in [6.07, 6.45) is 8.03. The van der Waals surface area contributed by atoms with Gasteiger partial charge in [-0.3, -0.25) is 30.1 Å². The molecule has 1 fully saturated rings. The Hall–Kier alpha value is -3.92. The van der Waals surface area contributed by atoms with Gasteiger partial charge < -0.3 is 22.2 Å². The molecule has 1 unspecified atom stereocenters. The van der Waals surface area contributed by atoms with Crippen molar-refractivity contribution in [2.75, 3.05) is 4.90 Å². The van der Waals surface area contributed by atoms with Crippen LogP contribution in [0, 0.1) is 0 Å². The smallest absolute Gasteiger partial charge is 0.277 e. The fraction of sp³-hybridized carbons (Fsp3) is 0.407. The average molecular weight is 508 g/mol. The van der Waals surface area contributed by atoms with Crippen molar-refractivity contribution in [3.05, 3.63) is 71.3 Å². The molecule has 1 saturated carbocycles. The van der Waals surface area contributed by atoms with Gasteiger partial charge in [0.25, 0.3) is 11.8 Å². The molecule has 0 spiro atoms. The van der Waals surface area contributed by atoms with Crippen LogP contribution in [-0.4, -0.2) is 28.7 Å². The molecule has 8 N–H and O–H groups in total. The van der Waals surface area contributed by atoms with Crippen LogP contribution in [0.1, 0.15) is 70.0 Å². The Morgan fingerprint density at radius 1 is 1.03 bits per heavy atom. The van der Waals surface area contributed by atoms with Crippen molar-refractivity contribution >= 4 is 23.4 Å². The molecule has 198 valence electrons. The van der Waals surface area contributed by atoms with Gasteiger partial charge in [-0.25, -0.2) is 0 Å². The van der Waals surface area contributed by atoms with E-state index in [0.717, 1.165) is 37.7 Å². The number of nitrogens with two attached hydrogens (primary N) is 3. The van der Waals surface area contributed by atoms with Crippen LogP contribution in [0.25, 0.3) is 0 Å². The van der Waals surface area contributed by atoms with Crippen molar-refractivity contribution in [2.45, 2.75) is 70.4 Å². The third-order valence-corrected chi connectivity index (χ3v) is 6.58. The highest BCUT2D eigenvalue weighted by Crippen LogP contribution is 2.32. The molecule has 10 heteroatoms. The number of hydrogen-bond acceptors (Lipinski definition) is 7. The second-order valence-corrected chi connectivity index (χ2v) is 10.3. The van der Waals surface area contributed by atoms with E-state index >= 15 is 0 Å². The number of amides is 3. The van der Waals surface area contributed by atoms with Crippen LogP contribution in [0.4, 0.5) is 5.69 Å². The molecule has 3 amide bonds. The molecule has 10 nitrogen and oxygen atoms in total. The van der Waals surface area contributed by atoms with Crippen molar-refractivity contribution in [3.63, 3.8) is 0 Å². The fourth-order valence-electron chi connectivity index (χ4n) is 4.51. The normalized spacial score (nSPS) is 15.8. The number of anilines is 1. The van der Waals surface area contributed by atoms with Gasteiger partial charge in [-0.1, -0.05) is 58.2 Å². The maximum Gasteiger partial charge on any atom is 0.277 e. The van der Waals surface area contributed by atoms with Gasteiger partial charge in [0.2, 0.25) is 5.91 Å². The number of hydrazine groups is 1. The van der Waals surface area contributed by atoms with Crippen molar-refractivity contribution in [2.24, 2.45) is 17.3 Å². The van der Waals surface area contributed by atoms with E-state index in [0.29, 0.717) is 11.3 Å². The summed E-state index contributed by atoms with van der Waals surface area (Å²) in [5.74, 6) is 3.27. The SMILES string of the molecule is CC(C)(C)c1ccc(N(C(=O)C(N)=C(NN)C(N)=O)C(C(=O)NC2CCCCC2)c2cccnc2)cc1. The van der Waals surface area contributed by atoms with Gasteiger partial charge >= 0.3 is 0 Å². The lowest BCUT2D eigenvalue weighted by Gasteiger charge is -2.34. The lowest BCUT2D eigenvalue weighted by atomic mass is 9.87. The molecule has 1 aromatic heterocycles. The first-order chi connectivity index (χ1) is 17.5. The van der Waals surface area contributed by atoms with Crippen LogP contribution in [0.15, 0.2) is 60.2 Å². The van der Waals surface area contributed by atoms with Crippen molar-refractivity contribution < 1.29 is 14.4 Å². The van der Waals surface area contributed by atoms with Crippen LogP contribution in [0.2, 0.25) is 0 Å². The van der Waals surface area contributed by atoms with E-state index in [1.807, 2.05) is 12.1 Å². The van der Waals surface area contributed by atoms with Gasteiger partial charge in [-0.15, -0.1) is 0 Å². The average Bonchev–Trinajstić information content (AvgIpc) is 2.87. The number of nitrogens with zero attached hydrogens (tertiary/aromatic N) is 2. The monoisotopic (exact) mass is 507 g/mol. The fourth-order valence-corrected chi connectivity index (χ4v) is 4.51. The minimum absolute atomic E-state index is 0.000387. The molecule has 1 aromatic carbocycles. The topological polar surface area (TPSA) is 169 Å². The van der Waals surface area contributed by atoms with E-state index in [1.54, 1.807) is 30.5 Å². The highest BCUT2D eigenvalue weighted by atomic mass is 16.2. The van der Waals surface area contributed by atoms with E-state index in [2.05, 4.69) is 36.5 Å². The molecule has 1 heterocycles. The lowest BCUT2D eigenvalue weighted by molar-refractivity contribution is -0.126. The first-order valence-electron chi connectivity index (χ1n) is 12.4. The summed E-state index contributed by atoms with van der Waals surface area (Å²) in [6.45, 7) is 6.23. The van der Waals surface area contributed by atoms with E-state index in [1.165, 1.54) is 11.1 Å². The summed E-state index contributed by atoms with van der Waals surface area (Å²) in [7, 11) is 0. The van der Waals surface area contributed by atoms with Gasteiger partial charge in [-0.2, -0.15) is 0 Å². The number of hydrogen-bond donors (Lipinski definition) is 5. The van der Waals surface area contributed by atoms with E-state index in [4.69, 9.17) is 17.3 Å². The van der Waals surface area contributed by atoms with Crippen LogP contribution in [0.3, 0.4) is 0 Å². The molecule has 2 aromatic rings. The summed E-state index contributed by atoms with van der Waals surface area (Å²) < 4.78 is 0. The molecule has 0 aliphatic heterocycles.